The number of halogens is 1. The number of rotatable bonds is 8. The van der Waals surface area contributed by atoms with E-state index in [0.717, 1.165) is 30.6 Å². The van der Waals surface area contributed by atoms with E-state index in [1.165, 1.54) is 6.07 Å². The Labute approximate surface area is 121 Å². The van der Waals surface area contributed by atoms with Crippen molar-refractivity contribution in [2.45, 2.75) is 45.7 Å². The maximum atomic E-state index is 13.5. The van der Waals surface area contributed by atoms with E-state index in [0.29, 0.717) is 12.6 Å². The summed E-state index contributed by atoms with van der Waals surface area (Å²) in [5.74, 6) is -0.239. The van der Waals surface area contributed by atoms with Crippen molar-refractivity contribution in [1.29, 1.82) is 0 Å². The number of hydrogen-bond donors (Lipinski definition) is 1. The van der Waals surface area contributed by atoms with E-state index < -0.39 is 0 Å². The van der Waals surface area contributed by atoms with Gasteiger partial charge >= 0.3 is 0 Å². The van der Waals surface area contributed by atoms with Gasteiger partial charge in [-0.25, -0.2) is 4.39 Å². The lowest BCUT2D eigenvalue weighted by molar-refractivity contribution is 0.202. The van der Waals surface area contributed by atoms with E-state index in [-0.39, 0.29) is 11.9 Å². The average molecular weight is 282 g/mol. The van der Waals surface area contributed by atoms with Gasteiger partial charge in [-0.3, -0.25) is 0 Å². The zero-order valence-corrected chi connectivity index (χ0v) is 13.0. The highest BCUT2D eigenvalue weighted by Crippen LogP contribution is 2.29. The van der Waals surface area contributed by atoms with Crippen LogP contribution in [-0.4, -0.2) is 26.3 Å². The zero-order chi connectivity index (χ0) is 15.1. The third-order valence-electron chi connectivity index (χ3n) is 3.71. The number of nitrogens with zero attached hydrogens (tertiary/aromatic N) is 1. The van der Waals surface area contributed by atoms with Gasteiger partial charge in [0, 0.05) is 31.4 Å². The summed E-state index contributed by atoms with van der Waals surface area (Å²) in [5.41, 5.74) is 7.88. The minimum atomic E-state index is -0.239. The molecule has 3 nitrogen and oxygen atoms in total. The summed E-state index contributed by atoms with van der Waals surface area (Å²) in [5, 5.41) is 0. The topological polar surface area (TPSA) is 38.5 Å². The summed E-state index contributed by atoms with van der Waals surface area (Å²) < 4.78 is 18.7. The maximum Gasteiger partial charge on any atom is 0.123 e. The van der Waals surface area contributed by atoms with Crippen LogP contribution < -0.4 is 10.6 Å². The monoisotopic (exact) mass is 282 g/mol. The number of ether oxygens (including phenoxy) is 1. The highest BCUT2D eigenvalue weighted by atomic mass is 19.1. The number of nitrogens with two attached hydrogens (primary N) is 1. The molecule has 0 heterocycles. The molecule has 2 N–H and O–H groups in total. The molecule has 4 heteroatoms. The van der Waals surface area contributed by atoms with Crippen molar-refractivity contribution in [2.75, 3.05) is 25.2 Å². The summed E-state index contributed by atoms with van der Waals surface area (Å²) in [6.45, 7) is 7.66. The molecule has 0 aliphatic carbocycles. The van der Waals surface area contributed by atoms with Gasteiger partial charge < -0.3 is 15.4 Å². The molecule has 0 saturated heterocycles. The molecule has 1 rings (SSSR count). The molecular weight excluding hydrogens is 255 g/mol. The maximum absolute atomic E-state index is 13.5. The Kier molecular flexibility index (Phi) is 6.96. The van der Waals surface area contributed by atoms with Crippen molar-refractivity contribution in [2.24, 2.45) is 5.73 Å². The second-order valence-corrected chi connectivity index (χ2v) is 5.15. The van der Waals surface area contributed by atoms with E-state index in [1.807, 2.05) is 13.0 Å². The van der Waals surface area contributed by atoms with Crippen LogP contribution in [0, 0.1) is 5.82 Å². The van der Waals surface area contributed by atoms with Crippen molar-refractivity contribution in [3.63, 3.8) is 0 Å². The predicted molar refractivity (Wildman–Crippen MR) is 82.6 cm³/mol. The Morgan fingerprint density at radius 2 is 1.95 bits per heavy atom. The highest BCUT2D eigenvalue weighted by Gasteiger charge is 2.20. The summed E-state index contributed by atoms with van der Waals surface area (Å²) in [7, 11) is 1.70. The van der Waals surface area contributed by atoms with Crippen molar-refractivity contribution in [1.82, 2.24) is 0 Å². The fourth-order valence-corrected chi connectivity index (χ4v) is 2.57. The van der Waals surface area contributed by atoms with Gasteiger partial charge in [0.2, 0.25) is 0 Å². The molecular formula is C16H27FN2O. The number of benzene rings is 1. The molecule has 0 radical (unpaired) electrons. The van der Waals surface area contributed by atoms with Gasteiger partial charge in [-0.05, 0) is 43.5 Å². The second kappa shape index (κ2) is 8.22. The first-order valence-electron chi connectivity index (χ1n) is 7.35. The molecule has 0 bridgehead atoms. The molecule has 0 amide bonds. The van der Waals surface area contributed by atoms with Crippen molar-refractivity contribution >= 4 is 5.69 Å². The van der Waals surface area contributed by atoms with E-state index >= 15 is 0 Å². The van der Waals surface area contributed by atoms with Crippen molar-refractivity contribution in [3.05, 3.63) is 29.6 Å². The predicted octanol–water partition coefficient (Wildman–Crippen LogP) is 3.49. The molecule has 0 saturated carbocycles. The molecule has 1 aromatic carbocycles. The molecule has 0 aliphatic heterocycles. The zero-order valence-electron chi connectivity index (χ0n) is 13.0. The molecule has 114 valence electrons. The molecule has 1 atom stereocenters. The Hall–Kier alpha value is -1.13. The molecule has 0 aliphatic rings. The minimum Gasteiger partial charge on any atom is -0.383 e. The van der Waals surface area contributed by atoms with Crippen molar-refractivity contribution < 1.29 is 9.13 Å². The van der Waals surface area contributed by atoms with Crippen LogP contribution in [0.15, 0.2) is 18.2 Å². The van der Waals surface area contributed by atoms with Crippen LogP contribution in [-0.2, 0) is 4.74 Å². The van der Waals surface area contributed by atoms with Gasteiger partial charge in [-0.2, -0.15) is 0 Å². The smallest absolute Gasteiger partial charge is 0.123 e. The van der Waals surface area contributed by atoms with E-state index in [9.17, 15) is 4.39 Å². The van der Waals surface area contributed by atoms with Gasteiger partial charge in [-0.1, -0.05) is 13.8 Å². The largest absolute Gasteiger partial charge is 0.383 e. The standard InChI is InChI=1S/C16H27FN2O/c1-5-14(6-2)19(9-10-20-4)16-8-7-13(17)11-15(16)12(3)18/h7-8,11-12,14H,5-6,9-10,18H2,1-4H3. The van der Waals surface area contributed by atoms with E-state index in [2.05, 4.69) is 18.7 Å². The quantitative estimate of drug-likeness (QED) is 0.793. The number of anilines is 1. The lowest BCUT2D eigenvalue weighted by Crippen LogP contribution is -2.38. The molecule has 0 spiro atoms. The third kappa shape index (κ3) is 4.18. The van der Waals surface area contributed by atoms with Gasteiger partial charge in [0.15, 0.2) is 0 Å². The second-order valence-electron chi connectivity index (χ2n) is 5.15. The summed E-state index contributed by atoms with van der Waals surface area (Å²) in [6.07, 6.45) is 2.08. The molecule has 0 fully saturated rings. The van der Waals surface area contributed by atoms with Crippen LogP contribution >= 0.6 is 0 Å². The van der Waals surface area contributed by atoms with Crippen LogP contribution in [0.25, 0.3) is 0 Å². The average Bonchev–Trinajstić information content (AvgIpc) is 2.43. The Morgan fingerprint density at radius 1 is 1.30 bits per heavy atom. The lowest BCUT2D eigenvalue weighted by Gasteiger charge is -2.34. The third-order valence-corrected chi connectivity index (χ3v) is 3.71. The Balaban J connectivity index is 3.17. The van der Waals surface area contributed by atoms with E-state index in [1.54, 1.807) is 13.2 Å². The number of hydrogen-bond acceptors (Lipinski definition) is 3. The Morgan fingerprint density at radius 3 is 2.45 bits per heavy atom. The van der Waals surface area contributed by atoms with Crippen LogP contribution in [0.3, 0.4) is 0 Å². The lowest BCUT2D eigenvalue weighted by atomic mass is 10.0. The molecule has 1 aromatic rings. The first-order chi connectivity index (χ1) is 9.54. The first kappa shape index (κ1) is 16.9. The SMILES string of the molecule is CCC(CC)N(CCOC)c1ccc(F)cc1C(C)N. The first-order valence-corrected chi connectivity index (χ1v) is 7.35. The fraction of sp³-hybridized carbons (Fsp3) is 0.625. The molecule has 1 unspecified atom stereocenters. The molecule has 20 heavy (non-hydrogen) atoms. The number of methoxy groups -OCH3 is 1. The van der Waals surface area contributed by atoms with Crippen LogP contribution in [0.2, 0.25) is 0 Å². The fourth-order valence-electron chi connectivity index (χ4n) is 2.57. The van der Waals surface area contributed by atoms with Gasteiger partial charge in [0.05, 0.1) is 6.61 Å². The minimum absolute atomic E-state index is 0.194. The summed E-state index contributed by atoms with van der Waals surface area (Å²) in [4.78, 5) is 2.29. The summed E-state index contributed by atoms with van der Waals surface area (Å²) >= 11 is 0. The van der Waals surface area contributed by atoms with Gasteiger partial charge in [-0.15, -0.1) is 0 Å². The molecule has 0 aromatic heterocycles. The summed E-state index contributed by atoms with van der Waals surface area (Å²) in [6, 6.07) is 5.10. The van der Waals surface area contributed by atoms with Crippen LogP contribution in [0.1, 0.15) is 45.2 Å². The Bertz CT molecular complexity index is 405. The van der Waals surface area contributed by atoms with E-state index in [4.69, 9.17) is 10.5 Å². The van der Waals surface area contributed by atoms with Crippen LogP contribution in [0.4, 0.5) is 10.1 Å². The van der Waals surface area contributed by atoms with Crippen molar-refractivity contribution in [3.8, 4) is 0 Å². The van der Waals surface area contributed by atoms with Gasteiger partial charge in [0.25, 0.3) is 0 Å². The van der Waals surface area contributed by atoms with Gasteiger partial charge in [0.1, 0.15) is 5.82 Å². The highest BCUT2D eigenvalue weighted by molar-refractivity contribution is 5.56. The van der Waals surface area contributed by atoms with Crippen LogP contribution in [0.5, 0.6) is 0 Å². The normalized spacial score (nSPS) is 12.8.